The van der Waals surface area contributed by atoms with E-state index in [1.54, 1.807) is 0 Å². The highest BCUT2D eigenvalue weighted by atomic mass is 31.2. The van der Waals surface area contributed by atoms with E-state index in [1.165, 1.54) is 0 Å². The van der Waals surface area contributed by atoms with Crippen molar-refractivity contribution in [1.82, 2.24) is 0 Å². The van der Waals surface area contributed by atoms with E-state index in [9.17, 15) is 9.36 Å². The Labute approximate surface area is 121 Å². The Balaban J connectivity index is 1.85. The summed E-state index contributed by atoms with van der Waals surface area (Å²) in [5.74, 6) is -0.473. The zero-order valence-electron chi connectivity index (χ0n) is 11.1. The first-order valence-electron chi connectivity index (χ1n) is 6.27. The maximum atomic E-state index is 11.6. The second-order valence-corrected chi connectivity index (χ2v) is 5.64. The minimum Gasteiger partial charge on any atom is -0.463 e. The van der Waals surface area contributed by atoms with Crippen LogP contribution in [0.3, 0.4) is 0 Å². The SMILES string of the molecule is O=C(Cc1ccc2ccccc2c1)OCCOP(=O)(O)O. The van der Waals surface area contributed by atoms with Crippen LogP contribution in [-0.4, -0.2) is 29.0 Å². The number of phosphoric acid groups is 1. The zero-order valence-corrected chi connectivity index (χ0v) is 12.0. The maximum Gasteiger partial charge on any atom is 0.469 e. The van der Waals surface area contributed by atoms with E-state index in [4.69, 9.17) is 14.5 Å². The van der Waals surface area contributed by atoms with Gasteiger partial charge in [0.2, 0.25) is 0 Å². The number of carbonyl (C=O) groups is 1. The Hall–Kier alpha value is -1.72. The highest BCUT2D eigenvalue weighted by Crippen LogP contribution is 2.35. The molecule has 0 aromatic heterocycles. The van der Waals surface area contributed by atoms with E-state index >= 15 is 0 Å². The van der Waals surface area contributed by atoms with Gasteiger partial charge in [-0.1, -0.05) is 42.5 Å². The van der Waals surface area contributed by atoms with Crippen LogP contribution in [0.5, 0.6) is 0 Å². The van der Waals surface area contributed by atoms with Crippen molar-refractivity contribution in [3.05, 3.63) is 48.0 Å². The average molecular weight is 310 g/mol. The van der Waals surface area contributed by atoms with Crippen LogP contribution in [0.25, 0.3) is 10.8 Å². The number of fused-ring (bicyclic) bond motifs is 1. The third kappa shape index (κ3) is 5.28. The fraction of sp³-hybridized carbons (Fsp3) is 0.214. The molecule has 2 N–H and O–H groups in total. The van der Waals surface area contributed by atoms with Crippen LogP contribution in [0.2, 0.25) is 0 Å². The van der Waals surface area contributed by atoms with Gasteiger partial charge in [-0.2, -0.15) is 0 Å². The lowest BCUT2D eigenvalue weighted by Gasteiger charge is -2.07. The van der Waals surface area contributed by atoms with Gasteiger partial charge in [-0.25, -0.2) is 4.57 Å². The van der Waals surface area contributed by atoms with Crippen LogP contribution in [0.4, 0.5) is 0 Å². The molecule has 0 atom stereocenters. The van der Waals surface area contributed by atoms with Gasteiger partial charge >= 0.3 is 13.8 Å². The van der Waals surface area contributed by atoms with E-state index in [2.05, 4.69) is 4.52 Å². The predicted octanol–water partition coefficient (Wildman–Crippen LogP) is 2.03. The monoisotopic (exact) mass is 310 g/mol. The Morgan fingerprint density at radius 2 is 1.76 bits per heavy atom. The molecular weight excluding hydrogens is 295 g/mol. The molecule has 0 aliphatic rings. The van der Waals surface area contributed by atoms with Gasteiger partial charge in [0.25, 0.3) is 0 Å². The summed E-state index contributed by atoms with van der Waals surface area (Å²) in [6, 6.07) is 13.5. The molecule has 7 heteroatoms. The van der Waals surface area contributed by atoms with Gasteiger partial charge in [-0.3, -0.25) is 9.32 Å². The number of rotatable bonds is 6. The lowest BCUT2D eigenvalue weighted by Crippen LogP contribution is -2.12. The number of ether oxygens (including phenoxy) is 1. The molecule has 0 bridgehead atoms. The van der Waals surface area contributed by atoms with Crippen molar-refractivity contribution in [3.8, 4) is 0 Å². The highest BCUT2D eigenvalue weighted by molar-refractivity contribution is 7.46. The molecule has 112 valence electrons. The molecule has 2 rings (SSSR count). The Morgan fingerprint density at radius 3 is 2.48 bits per heavy atom. The van der Waals surface area contributed by atoms with E-state index in [0.29, 0.717) is 0 Å². The normalized spacial score (nSPS) is 11.5. The summed E-state index contributed by atoms with van der Waals surface area (Å²) in [7, 11) is -4.51. The fourth-order valence-electron chi connectivity index (χ4n) is 1.88. The van der Waals surface area contributed by atoms with Crippen molar-refractivity contribution in [2.24, 2.45) is 0 Å². The number of phosphoric ester groups is 1. The van der Waals surface area contributed by atoms with E-state index in [1.807, 2.05) is 42.5 Å². The number of carbonyl (C=O) groups excluding carboxylic acids is 1. The smallest absolute Gasteiger partial charge is 0.463 e. The van der Waals surface area contributed by atoms with Crippen LogP contribution >= 0.6 is 7.82 Å². The largest absolute Gasteiger partial charge is 0.469 e. The molecule has 0 amide bonds. The van der Waals surface area contributed by atoms with Crippen molar-refractivity contribution in [2.75, 3.05) is 13.2 Å². The van der Waals surface area contributed by atoms with Crippen molar-refractivity contribution in [2.45, 2.75) is 6.42 Å². The molecule has 21 heavy (non-hydrogen) atoms. The molecule has 0 aliphatic carbocycles. The van der Waals surface area contributed by atoms with Gasteiger partial charge in [-0.15, -0.1) is 0 Å². The summed E-state index contributed by atoms with van der Waals surface area (Å²) >= 11 is 0. The molecule has 0 heterocycles. The molecule has 6 nitrogen and oxygen atoms in total. The summed E-state index contributed by atoms with van der Waals surface area (Å²) in [6.45, 7) is -0.536. The molecule has 0 radical (unpaired) electrons. The molecule has 0 unspecified atom stereocenters. The third-order valence-corrected chi connectivity index (χ3v) is 3.29. The van der Waals surface area contributed by atoms with Gasteiger partial charge in [-0.05, 0) is 16.3 Å². The second-order valence-electron chi connectivity index (χ2n) is 4.40. The minimum atomic E-state index is -4.51. The third-order valence-electron chi connectivity index (χ3n) is 2.77. The predicted molar refractivity (Wildman–Crippen MR) is 76.6 cm³/mol. The first-order valence-corrected chi connectivity index (χ1v) is 7.80. The van der Waals surface area contributed by atoms with Crippen LogP contribution < -0.4 is 0 Å². The average Bonchev–Trinajstić information content (AvgIpc) is 2.42. The Kier molecular flexibility index (Phi) is 5.09. The molecule has 2 aromatic rings. The molecule has 0 saturated heterocycles. The van der Waals surface area contributed by atoms with Gasteiger partial charge in [0.15, 0.2) is 0 Å². The molecule has 0 aliphatic heterocycles. The van der Waals surface area contributed by atoms with Gasteiger partial charge in [0.1, 0.15) is 6.61 Å². The van der Waals surface area contributed by atoms with Crippen LogP contribution in [0, 0.1) is 0 Å². The van der Waals surface area contributed by atoms with Crippen molar-refractivity contribution < 1.29 is 28.4 Å². The van der Waals surface area contributed by atoms with Crippen LogP contribution in [0.15, 0.2) is 42.5 Å². The van der Waals surface area contributed by atoms with Crippen molar-refractivity contribution in [3.63, 3.8) is 0 Å². The van der Waals surface area contributed by atoms with E-state index in [-0.39, 0.29) is 19.6 Å². The standard InChI is InChI=1S/C14H15O6P/c15-14(19-7-8-20-21(16,17)18)10-11-5-6-12-3-1-2-4-13(12)9-11/h1-6,9H,7-8,10H2,(H2,16,17,18). The number of benzene rings is 2. The van der Waals surface area contributed by atoms with Crippen LogP contribution in [-0.2, 0) is 25.0 Å². The number of hydrogen-bond acceptors (Lipinski definition) is 4. The zero-order chi connectivity index (χ0) is 15.3. The summed E-state index contributed by atoms with van der Waals surface area (Å²) in [5.41, 5.74) is 0.814. The summed E-state index contributed by atoms with van der Waals surface area (Å²) < 4.78 is 19.4. The first-order chi connectivity index (χ1) is 9.94. The Bertz CT molecular complexity index is 678. The lowest BCUT2D eigenvalue weighted by molar-refractivity contribution is -0.143. The quantitative estimate of drug-likeness (QED) is 0.482. The molecule has 0 fully saturated rings. The van der Waals surface area contributed by atoms with Crippen molar-refractivity contribution in [1.29, 1.82) is 0 Å². The minimum absolute atomic E-state index is 0.0980. The summed E-state index contributed by atoms with van der Waals surface area (Å²) in [5, 5.41) is 2.12. The van der Waals surface area contributed by atoms with Crippen LogP contribution in [0.1, 0.15) is 5.56 Å². The Morgan fingerprint density at radius 1 is 1.05 bits per heavy atom. The highest BCUT2D eigenvalue weighted by Gasteiger charge is 2.13. The van der Waals surface area contributed by atoms with Gasteiger partial charge in [0, 0.05) is 0 Å². The van der Waals surface area contributed by atoms with E-state index in [0.717, 1.165) is 16.3 Å². The van der Waals surface area contributed by atoms with Gasteiger partial charge in [0.05, 0.1) is 13.0 Å². The molecule has 0 saturated carbocycles. The first kappa shape index (κ1) is 15.7. The second kappa shape index (κ2) is 6.83. The summed E-state index contributed by atoms with van der Waals surface area (Å²) in [4.78, 5) is 28.5. The fourth-order valence-corrected chi connectivity index (χ4v) is 2.19. The maximum absolute atomic E-state index is 11.6. The van der Waals surface area contributed by atoms with Crippen molar-refractivity contribution >= 4 is 24.6 Å². The molecular formula is C14H15O6P. The topological polar surface area (TPSA) is 93.1 Å². The lowest BCUT2D eigenvalue weighted by atomic mass is 10.1. The summed E-state index contributed by atoms with van der Waals surface area (Å²) in [6.07, 6.45) is 0.0980. The van der Waals surface area contributed by atoms with Gasteiger partial charge < -0.3 is 14.5 Å². The molecule has 2 aromatic carbocycles. The molecule has 0 spiro atoms. The number of esters is 1. The van der Waals surface area contributed by atoms with E-state index < -0.39 is 13.8 Å². The number of hydrogen-bond donors (Lipinski definition) is 2.